The lowest BCUT2D eigenvalue weighted by Crippen LogP contribution is -2.59. The number of likely N-dealkylation sites (tertiary alicyclic amines) is 1. The second-order valence-electron chi connectivity index (χ2n) is 15.1. The van der Waals surface area contributed by atoms with Crippen molar-refractivity contribution < 1.29 is 33.8 Å². The highest BCUT2D eigenvalue weighted by Gasteiger charge is 2.42. The van der Waals surface area contributed by atoms with Crippen LogP contribution < -0.4 is 10.6 Å². The Balaban J connectivity index is 2.15. The SMILES string of the molecule is CC[C@H](C)[C@@H]([C@@H](CC(=O)N1CCC[C@H]1[C@H](OC)[C@@H](C)C(=O)NCCC1CCCCC1)OC)N(C)C(=O)[C@H](CO)NC(=O)[C@H](C(C)C)N(C)C. The standard InChI is InChI=1S/C37H69N5O7/c1-11-25(4)33(41(8)37(47)28(23-43)39-36(46)32(24(2)3)40(6)7)30(48-9)22-31(44)42-21-15-18-29(42)34(49-10)26(5)35(45)38-20-19-27-16-13-12-14-17-27/h24-30,32-34,43H,11-23H2,1-10H3,(H,38,45)(H,39,46)/t25-,26+,28-,29-,30+,32-,33-,34+/m0/s1. The zero-order valence-electron chi connectivity index (χ0n) is 32.2. The molecule has 0 spiro atoms. The number of aliphatic hydroxyl groups is 1. The summed E-state index contributed by atoms with van der Waals surface area (Å²) in [5.74, 6) is -0.754. The molecule has 0 aromatic rings. The molecule has 12 heteroatoms. The maximum Gasteiger partial charge on any atom is 0.247 e. The number of likely N-dealkylation sites (N-methyl/N-ethyl adjacent to an activating group) is 2. The minimum atomic E-state index is -1.14. The van der Waals surface area contributed by atoms with Gasteiger partial charge in [0.1, 0.15) is 6.04 Å². The summed E-state index contributed by atoms with van der Waals surface area (Å²) in [6.45, 7) is 10.4. The van der Waals surface area contributed by atoms with Gasteiger partial charge in [0.25, 0.3) is 0 Å². The predicted octanol–water partition coefficient (Wildman–Crippen LogP) is 3.06. The lowest BCUT2D eigenvalue weighted by Gasteiger charge is -2.40. The maximum atomic E-state index is 14.0. The highest BCUT2D eigenvalue weighted by Crippen LogP contribution is 2.30. The number of carbonyl (C=O) groups excluding carboxylic acids is 4. The average molecular weight is 696 g/mol. The summed E-state index contributed by atoms with van der Waals surface area (Å²) in [5, 5.41) is 16.1. The fourth-order valence-electron chi connectivity index (χ4n) is 8.16. The molecule has 2 aliphatic rings. The highest BCUT2D eigenvalue weighted by molar-refractivity contribution is 5.90. The molecule has 8 atom stereocenters. The molecule has 284 valence electrons. The fraction of sp³-hybridized carbons (Fsp3) is 0.892. The average Bonchev–Trinajstić information content (AvgIpc) is 3.56. The Morgan fingerprint density at radius 1 is 0.918 bits per heavy atom. The van der Waals surface area contributed by atoms with Crippen LogP contribution in [0.25, 0.3) is 0 Å². The van der Waals surface area contributed by atoms with E-state index in [4.69, 9.17) is 9.47 Å². The summed E-state index contributed by atoms with van der Waals surface area (Å²) < 4.78 is 11.9. The minimum Gasteiger partial charge on any atom is -0.394 e. The molecule has 1 aliphatic heterocycles. The largest absolute Gasteiger partial charge is 0.394 e. The zero-order valence-corrected chi connectivity index (χ0v) is 32.2. The molecule has 49 heavy (non-hydrogen) atoms. The first-order valence-corrected chi connectivity index (χ1v) is 18.7. The molecule has 1 saturated carbocycles. The molecule has 1 heterocycles. The third kappa shape index (κ3) is 11.9. The van der Waals surface area contributed by atoms with Crippen molar-refractivity contribution in [2.45, 2.75) is 135 Å². The van der Waals surface area contributed by atoms with Crippen molar-refractivity contribution in [3.63, 3.8) is 0 Å². The third-order valence-electron chi connectivity index (χ3n) is 11.1. The van der Waals surface area contributed by atoms with Crippen LogP contribution in [-0.4, -0.2) is 135 Å². The van der Waals surface area contributed by atoms with E-state index in [1.807, 2.05) is 39.5 Å². The van der Waals surface area contributed by atoms with E-state index in [1.54, 1.807) is 40.3 Å². The van der Waals surface area contributed by atoms with Crippen LogP contribution in [0.1, 0.15) is 98.8 Å². The molecule has 3 N–H and O–H groups in total. The van der Waals surface area contributed by atoms with Crippen molar-refractivity contribution in [3.05, 3.63) is 0 Å². The van der Waals surface area contributed by atoms with Gasteiger partial charge in [-0.25, -0.2) is 0 Å². The molecule has 0 bridgehead atoms. The van der Waals surface area contributed by atoms with E-state index in [0.29, 0.717) is 25.4 Å². The summed E-state index contributed by atoms with van der Waals surface area (Å²) in [7, 11) is 8.40. The Kier molecular flexibility index (Phi) is 18.5. The quantitative estimate of drug-likeness (QED) is 0.177. The van der Waals surface area contributed by atoms with Gasteiger partial charge in [-0.2, -0.15) is 0 Å². The molecule has 0 unspecified atom stereocenters. The normalized spacial score (nSPS) is 21.5. The van der Waals surface area contributed by atoms with Crippen molar-refractivity contribution in [3.8, 4) is 0 Å². The van der Waals surface area contributed by atoms with Crippen LogP contribution in [0.4, 0.5) is 0 Å². The highest BCUT2D eigenvalue weighted by atomic mass is 16.5. The number of nitrogens with one attached hydrogen (secondary N) is 2. The number of carbonyl (C=O) groups is 4. The molecule has 0 aromatic carbocycles. The van der Waals surface area contributed by atoms with Gasteiger partial charge in [0.2, 0.25) is 23.6 Å². The van der Waals surface area contributed by atoms with E-state index in [0.717, 1.165) is 19.3 Å². The van der Waals surface area contributed by atoms with Crippen LogP contribution in [0.5, 0.6) is 0 Å². The number of hydrogen-bond donors (Lipinski definition) is 3. The Hall–Kier alpha value is -2.28. The molecule has 1 aliphatic carbocycles. The van der Waals surface area contributed by atoms with Crippen molar-refractivity contribution in [2.24, 2.45) is 23.7 Å². The Morgan fingerprint density at radius 3 is 2.10 bits per heavy atom. The van der Waals surface area contributed by atoms with Gasteiger partial charge in [-0.15, -0.1) is 0 Å². The summed E-state index contributed by atoms with van der Waals surface area (Å²) in [6, 6.07) is -2.36. The lowest BCUT2D eigenvalue weighted by atomic mass is 9.87. The van der Waals surface area contributed by atoms with E-state index in [9.17, 15) is 24.3 Å². The van der Waals surface area contributed by atoms with E-state index < -0.39 is 48.8 Å². The van der Waals surface area contributed by atoms with Gasteiger partial charge in [0.15, 0.2) is 0 Å². The van der Waals surface area contributed by atoms with Gasteiger partial charge in [-0.3, -0.25) is 24.1 Å². The van der Waals surface area contributed by atoms with Gasteiger partial charge < -0.3 is 35.0 Å². The Bertz CT molecular complexity index is 1030. The summed E-state index contributed by atoms with van der Waals surface area (Å²) in [6.07, 6.45) is 8.53. The van der Waals surface area contributed by atoms with Crippen molar-refractivity contribution in [1.82, 2.24) is 25.3 Å². The van der Waals surface area contributed by atoms with Crippen molar-refractivity contribution >= 4 is 23.6 Å². The second kappa shape index (κ2) is 21.2. The number of methoxy groups -OCH3 is 2. The molecular formula is C37H69N5O7. The molecule has 0 radical (unpaired) electrons. The first-order chi connectivity index (χ1) is 23.2. The second-order valence-corrected chi connectivity index (χ2v) is 15.1. The summed E-state index contributed by atoms with van der Waals surface area (Å²) in [5.41, 5.74) is 0. The number of rotatable bonds is 20. The topological polar surface area (TPSA) is 141 Å². The Labute approximate surface area is 296 Å². The summed E-state index contributed by atoms with van der Waals surface area (Å²) in [4.78, 5) is 59.3. The monoisotopic (exact) mass is 696 g/mol. The van der Waals surface area contributed by atoms with E-state index in [2.05, 4.69) is 10.6 Å². The zero-order chi connectivity index (χ0) is 36.8. The predicted molar refractivity (Wildman–Crippen MR) is 192 cm³/mol. The van der Waals surface area contributed by atoms with Crippen molar-refractivity contribution in [1.29, 1.82) is 0 Å². The summed E-state index contributed by atoms with van der Waals surface area (Å²) >= 11 is 0. The number of hydrogen-bond acceptors (Lipinski definition) is 8. The van der Waals surface area contributed by atoms with Gasteiger partial charge in [-0.05, 0) is 51.1 Å². The van der Waals surface area contributed by atoms with Gasteiger partial charge >= 0.3 is 0 Å². The number of aliphatic hydroxyl groups excluding tert-OH is 1. The van der Waals surface area contributed by atoms with Gasteiger partial charge in [0.05, 0.1) is 49.3 Å². The fourth-order valence-corrected chi connectivity index (χ4v) is 8.16. The first-order valence-electron chi connectivity index (χ1n) is 18.7. The molecular weight excluding hydrogens is 626 g/mol. The third-order valence-corrected chi connectivity index (χ3v) is 11.1. The van der Waals surface area contributed by atoms with Crippen LogP contribution in [0, 0.1) is 23.7 Å². The van der Waals surface area contributed by atoms with Crippen molar-refractivity contribution in [2.75, 3.05) is 55.1 Å². The van der Waals surface area contributed by atoms with Crippen LogP contribution in [0.3, 0.4) is 0 Å². The van der Waals surface area contributed by atoms with Crippen LogP contribution in [0.2, 0.25) is 0 Å². The smallest absolute Gasteiger partial charge is 0.247 e. The molecule has 12 nitrogen and oxygen atoms in total. The van der Waals surface area contributed by atoms with E-state index >= 15 is 0 Å². The molecule has 1 saturated heterocycles. The minimum absolute atomic E-state index is 0.00495. The number of amides is 4. The lowest BCUT2D eigenvalue weighted by molar-refractivity contribution is -0.148. The van der Waals surface area contributed by atoms with Crippen LogP contribution in [0.15, 0.2) is 0 Å². The molecule has 2 fully saturated rings. The molecule has 2 rings (SSSR count). The molecule has 4 amide bonds. The van der Waals surface area contributed by atoms with Gasteiger partial charge in [0, 0.05) is 34.4 Å². The Morgan fingerprint density at radius 2 is 1.57 bits per heavy atom. The number of nitrogens with zero attached hydrogens (tertiary/aromatic N) is 3. The van der Waals surface area contributed by atoms with Gasteiger partial charge in [-0.1, -0.05) is 73.1 Å². The van der Waals surface area contributed by atoms with Crippen LogP contribution in [-0.2, 0) is 28.7 Å². The first kappa shape index (κ1) is 42.9. The van der Waals surface area contributed by atoms with E-state index in [-0.39, 0.29) is 42.0 Å². The number of ether oxygens (including phenoxy) is 2. The van der Waals surface area contributed by atoms with Crippen LogP contribution >= 0.6 is 0 Å². The maximum absolute atomic E-state index is 14.0. The van der Waals surface area contributed by atoms with E-state index in [1.165, 1.54) is 37.0 Å². The molecule has 0 aromatic heterocycles.